The highest BCUT2D eigenvalue weighted by molar-refractivity contribution is 9.10. The first kappa shape index (κ1) is 18.1. The molecule has 0 atom stereocenters. The van der Waals surface area contributed by atoms with Gasteiger partial charge in [-0.2, -0.15) is 0 Å². The number of carboxylic acids is 1. The van der Waals surface area contributed by atoms with E-state index in [-0.39, 0.29) is 29.7 Å². The first-order valence-electron chi connectivity index (χ1n) is 6.30. The van der Waals surface area contributed by atoms with Crippen LogP contribution in [0.4, 0.5) is 0 Å². The quantitative estimate of drug-likeness (QED) is 0.708. The van der Waals surface area contributed by atoms with Gasteiger partial charge in [-0.05, 0) is 38.5 Å². The second-order valence-corrected chi connectivity index (χ2v) is 7.29. The summed E-state index contributed by atoms with van der Waals surface area (Å²) in [5.41, 5.74) is 0.364. The Morgan fingerprint density at radius 2 is 2.05 bits per heavy atom. The van der Waals surface area contributed by atoms with E-state index in [2.05, 4.69) is 20.7 Å². The summed E-state index contributed by atoms with van der Waals surface area (Å²) in [5, 5.41) is 9.01. The molecular formula is C13H18BrNO5S. The van der Waals surface area contributed by atoms with Crippen LogP contribution in [0, 0.1) is 6.92 Å². The minimum absolute atomic E-state index is 0.0146. The van der Waals surface area contributed by atoms with Crippen molar-refractivity contribution >= 4 is 31.9 Å². The lowest BCUT2D eigenvalue weighted by Crippen LogP contribution is -2.29. The number of hydrogen-bond acceptors (Lipinski definition) is 4. The van der Waals surface area contributed by atoms with Crippen molar-refractivity contribution in [3.63, 3.8) is 0 Å². The molecule has 0 aromatic heterocycles. The van der Waals surface area contributed by atoms with Gasteiger partial charge in [0.1, 0.15) is 0 Å². The summed E-state index contributed by atoms with van der Waals surface area (Å²) < 4.78 is 32.6. The van der Waals surface area contributed by atoms with E-state index in [1.54, 1.807) is 6.92 Å². The molecule has 0 saturated heterocycles. The summed E-state index contributed by atoms with van der Waals surface area (Å²) in [7, 11) is -3.79. The van der Waals surface area contributed by atoms with Crippen LogP contribution in [0.5, 0.6) is 0 Å². The maximum atomic E-state index is 12.2. The van der Waals surface area contributed by atoms with Gasteiger partial charge in [0.2, 0.25) is 10.0 Å². The van der Waals surface area contributed by atoms with E-state index in [0.29, 0.717) is 10.0 Å². The molecule has 1 aromatic rings. The number of benzene rings is 1. The third-order valence-corrected chi connectivity index (χ3v) is 5.09. The van der Waals surface area contributed by atoms with Crippen molar-refractivity contribution in [1.82, 2.24) is 4.72 Å². The van der Waals surface area contributed by atoms with Crippen molar-refractivity contribution in [1.29, 1.82) is 0 Å². The van der Waals surface area contributed by atoms with E-state index in [4.69, 9.17) is 9.84 Å². The number of nitrogens with one attached hydrogen (secondary N) is 1. The second kappa shape index (κ2) is 7.35. The molecule has 2 N–H and O–H groups in total. The molecule has 6 nitrogen and oxygen atoms in total. The van der Waals surface area contributed by atoms with Gasteiger partial charge in [-0.3, -0.25) is 0 Å². The Bertz CT molecular complexity index is 628. The molecule has 0 fully saturated rings. The molecule has 0 amide bonds. The molecule has 0 spiro atoms. The van der Waals surface area contributed by atoms with Crippen LogP contribution in [0.1, 0.15) is 29.8 Å². The van der Waals surface area contributed by atoms with E-state index in [9.17, 15) is 13.2 Å². The Labute approximate surface area is 132 Å². The highest BCUT2D eigenvalue weighted by Gasteiger charge is 2.20. The van der Waals surface area contributed by atoms with Crippen LogP contribution in [0.2, 0.25) is 0 Å². The van der Waals surface area contributed by atoms with Gasteiger partial charge in [-0.1, -0.05) is 15.9 Å². The Morgan fingerprint density at radius 3 is 2.57 bits per heavy atom. The normalized spacial score (nSPS) is 11.9. The lowest BCUT2D eigenvalue weighted by molar-refractivity contribution is 0.0696. The fourth-order valence-electron chi connectivity index (χ4n) is 1.60. The van der Waals surface area contributed by atoms with Crippen LogP contribution in [0.15, 0.2) is 21.5 Å². The fourth-order valence-corrected chi connectivity index (χ4v) is 3.50. The standard InChI is InChI=1S/C13H18BrNO5S/c1-8(2)20-5-4-15-21(18,19)12-7-10(13(16)17)6-11(14)9(12)3/h6-8,15H,4-5H2,1-3H3,(H,16,17). The van der Waals surface area contributed by atoms with E-state index in [1.165, 1.54) is 6.07 Å². The number of aromatic carboxylic acids is 1. The lowest BCUT2D eigenvalue weighted by atomic mass is 10.1. The number of ether oxygens (including phenoxy) is 1. The maximum Gasteiger partial charge on any atom is 0.335 e. The largest absolute Gasteiger partial charge is 0.478 e. The van der Waals surface area contributed by atoms with Crippen LogP contribution in [-0.2, 0) is 14.8 Å². The van der Waals surface area contributed by atoms with Crippen molar-refractivity contribution in [2.75, 3.05) is 13.2 Å². The van der Waals surface area contributed by atoms with Gasteiger partial charge in [-0.15, -0.1) is 0 Å². The molecule has 0 aliphatic carbocycles. The third kappa shape index (κ3) is 5.06. The zero-order valence-electron chi connectivity index (χ0n) is 12.0. The van der Waals surface area contributed by atoms with Crippen LogP contribution in [0.3, 0.4) is 0 Å². The number of halogens is 1. The molecule has 0 heterocycles. The van der Waals surface area contributed by atoms with Crippen LogP contribution < -0.4 is 4.72 Å². The van der Waals surface area contributed by atoms with E-state index in [0.717, 1.165) is 6.07 Å². The zero-order valence-corrected chi connectivity index (χ0v) is 14.4. The Balaban J connectivity index is 2.99. The van der Waals surface area contributed by atoms with Gasteiger partial charge in [0.15, 0.2) is 0 Å². The average Bonchev–Trinajstić information content (AvgIpc) is 2.37. The molecule has 8 heteroatoms. The van der Waals surface area contributed by atoms with Gasteiger partial charge >= 0.3 is 5.97 Å². The Kier molecular flexibility index (Phi) is 6.33. The first-order valence-corrected chi connectivity index (χ1v) is 8.57. The molecule has 0 bridgehead atoms. The predicted molar refractivity (Wildman–Crippen MR) is 82.1 cm³/mol. The second-order valence-electron chi connectivity index (χ2n) is 4.70. The maximum absolute atomic E-state index is 12.2. The third-order valence-electron chi connectivity index (χ3n) is 2.68. The minimum atomic E-state index is -3.79. The minimum Gasteiger partial charge on any atom is -0.478 e. The van der Waals surface area contributed by atoms with Crippen molar-refractivity contribution < 1.29 is 23.1 Å². The SMILES string of the molecule is Cc1c(Br)cc(C(=O)O)cc1S(=O)(=O)NCCOC(C)C. The number of carbonyl (C=O) groups is 1. The number of rotatable bonds is 7. The van der Waals surface area contributed by atoms with E-state index in [1.807, 2.05) is 13.8 Å². The Morgan fingerprint density at radius 1 is 1.43 bits per heavy atom. The van der Waals surface area contributed by atoms with Gasteiger partial charge in [0.25, 0.3) is 0 Å². The molecule has 0 radical (unpaired) electrons. The molecule has 0 unspecified atom stereocenters. The van der Waals surface area contributed by atoms with E-state index < -0.39 is 16.0 Å². The van der Waals surface area contributed by atoms with Gasteiger partial charge in [0, 0.05) is 11.0 Å². The topological polar surface area (TPSA) is 92.7 Å². The zero-order chi connectivity index (χ0) is 16.2. The summed E-state index contributed by atoms with van der Waals surface area (Å²) in [4.78, 5) is 11.0. The highest BCUT2D eigenvalue weighted by Crippen LogP contribution is 2.25. The summed E-state index contributed by atoms with van der Waals surface area (Å²) in [6, 6.07) is 2.52. The van der Waals surface area contributed by atoms with Crippen molar-refractivity contribution in [2.45, 2.75) is 31.8 Å². The molecule has 0 saturated carbocycles. The van der Waals surface area contributed by atoms with Crippen molar-refractivity contribution in [2.24, 2.45) is 0 Å². The molecule has 0 aliphatic heterocycles. The van der Waals surface area contributed by atoms with Gasteiger partial charge in [-0.25, -0.2) is 17.9 Å². The van der Waals surface area contributed by atoms with Gasteiger partial charge < -0.3 is 9.84 Å². The van der Waals surface area contributed by atoms with Crippen LogP contribution in [-0.4, -0.2) is 38.7 Å². The lowest BCUT2D eigenvalue weighted by Gasteiger charge is -2.12. The monoisotopic (exact) mass is 379 g/mol. The van der Waals surface area contributed by atoms with Gasteiger partial charge in [0.05, 0.1) is 23.2 Å². The summed E-state index contributed by atoms with van der Waals surface area (Å²) >= 11 is 3.18. The molecule has 1 rings (SSSR count). The number of carboxylic acid groups (broad SMARTS) is 1. The Hall–Kier alpha value is -0.960. The molecular weight excluding hydrogens is 362 g/mol. The molecule has 21 heavy (non-hydrogen) atoms. The summed E-state index contributed by atoms with van der Waals surface area (Å²) in [6.07, 6.45) is 0.0146. The molecule has 1 aromatic carbocycles. The highest BCUT2D eigenvalue weighted by atomic mass is 79.9. The fraction of sp³-hybridized carbons (Fsp3) is 0.462. The molecule has 0 aliphatic rings. The van der Waals surface area contributed by atoms with Crippen molar-refractivity contribution in [3.8, 4) is 0 Å². The smallest absolute Gasteiger partial charge is 0.335 e. The number of sulfonamides is 1. The summed E-state index contributed by atoms with van der Waals surface area (Å²) in [5.74, 6) is -1.18. The van der Waals surface area contributed by atoms with Crippen LogP contribution >= 0.6 is 15.9 Å². The van der Waals surface area contributed by atoms with Crippen LogP contribution in [0.25, 0.3) is 0 Å². The average molecular weight is 380 g/mol. The van der Waals surface area contributed by atoms with E-state index >= 15 is 0 Å². The summed E-state index contributed by atoms with van der Waals surface area (Å²) in [6.45, 7) is 5.68. The molecule has 118 valence electrons. The first-order chi connectivity index (χ1) is 9.65. The predicted octanol–water partition coefficient (Wildman–Crippen LogP) is 2.16. The van der Waals surface area contributed by atoms with Crippen molar-refractivity contribution in [3.05, 3.63) is 27.7 Å². The number of hydrogen-bond donors (Lipinski definition) is 2.